The Hall–Kier alpha value is -3.88. The Morgan fingerprint density at radius 1 is 1.03 bits per heavy atom. The van der Waals surface area contributed by atoms with Crippen LogP contribution in [0.3, 0.4) is 0 Å². The Balaban J connectivity index is 1.65. The zero-order valence-electron chi connectivity index (χ0n) is 16.1. The van der Waals surface area contributed by atoms with E-state index in [1.165, 1.54) is 22.8 Å². The number of hydrogen-bond acceptors (Lipinski definition) is 5. The van der Waals surface area contributed by atoms with Gasteiger partial charge in [-0.25, -0.2) is 23.3 Å². The van der Waals surface area contributed by atoms with Crippen molar-refractivity contribution in [3.05, 3.63) is 72.1 Å². The van der Waals surface area contributed by atoms with Crippen molar-refractivity contribution in [3.8, 4) is 11.3 Å². The van der Waals surface area contributed by atoms with Gasteiger partial charge >= 0.3 is 0 Å². The van der Waals surface area contributed by atoms with Crippen LogP contribution in [0.2, 0.25) is 0 Å². The van der Waals surface area contributed by atoms with Crippen LogP contribution in [0, 0.1) is 11.6 Å². The highest BCUT2D eigenvalue weighted by atomic mass is 19.1. The predicted octanol–water partition coefficient (Wildman–Crippen LogP) is 4.14. The Bertz CT molecular complexity index is 1200. The second-order valence-corrected chi connectivity index (χ2v) is 6.52. The van der Waals surface area contributed by atoms with E-state index in [4.69, 9.17) is 0 Å². The summed E-state index contributed by atoms with van der Waals surface area (Å²) in [4.78, 5) is 21.3. The summed E-state index contributed by atoms with van der Waals surface area (Å²) in [5.41, 5.74) is 0.258. The van der Waals surface area contributed by atoms with Gasteiger partial charge in [-0.05, 0) is 42.8 Å². The molecule has 0 aliphatic carbocycles. The highest BCUT2D eigenvalue weighted by Gasteiger charge is 2.17. The predicted molar refractivity (Wildman–Crippen MR) is 109 cm³/mol. The van der Waals surface area contributed by atoms with E-state index in [0.717, 1.165) is 25.1 Å². The summed E-state index contributed by atoms with van der Waals surface area (Å²) in [5.74, 6) is -0.987. The summed E-state index contributed by atoms with van der Waals surface area (Å²) < 4.78 is 29.5. The fraction of sp³-hybridized carbons (Fsp3) is 0.143. The van der Waals surface area contributed by atoms with Crippen LogP contribution in [0.4, 0.5) is 20.4 Å². The molecule has 0 bridgehead atoms. The van der Waals surface area contributed by atoms with Crippen LogP contribution in [-0.2, 0) is 0 Å². The maximum absolute atomic E-state index is 14.1. The lowest BCUT2D eigenvalue weighted by Gasteiger charge is -2.08. The number of benzene rings is 1. The Labute approximate surface area is 170 Å². The van der Waals surface area contributed by atoms with E-state index in [9.17, 15) is 13.6 Å². The smallest absolute Gasteiger partial charge is 0.277 e. The molecule has 9 heteroatoms. The number of rotatable bonds is 6. The van der Waals surface area contributed by atoms with Crippen molar-refractivity contribution in [1.29, 1.82) is 0 Å². The number of amides is 1. The van der Waals surface area contributed by atoms with E-state index in [0.29, 0.717) is 17.3 Å². The fourth-order valence-electron chi connectivity index (χ4n) is 2.94. The topological polar surface area (TPSA) is 84.2 Å². The van der Waals surface area contributed by atoms with Crippen molar-refractivity contribution < 1.29 is 13.6 Å². The average molecular weight is 408 g/mol. The molecule has 0 unspecified atom stereocenters. The summed E-state index contributed by atoms with van der Waals surface area (Å²) >= 11 is 0. The van der Waals surface area contributed by atoms with Crippen molar-refractivity contribution in [3.63, 3.8) is 0 Å². The van der Waals surface area contributed by atoms with E-state index in [1.807, 2.05) is 6.92 Å². The van der Waals surface area contributed by atoms with Crippen molar-refractivity contribution in [2.24, 2.45) is 0 Å². The minimum absolute atomic E-state index is 0.0500. The molecule has 0 saturated carbocycles. The van der Waals surface area contributed by atoms with Crippen molar-refractivity contribution in [2.45, 2.75) is 13.3 Å². The monoisotopic (exact) mass is 408 g/mol. The summed E-state index contributed by atoms with van der Waals surface area (Å²) in [6.07, 6.45) is 2.29. The first-order valence-corrected chi connectivity index (χ1v) is 9.38. The van der Waals surface area contributed by atoms with Crippen LogP contribution >= 0.6 is 0 Å². The number of carbonyl (C=O) groups is 1. The number of pyridine rings is 1. The molecule has 3 aromatic heterocycles. The Kier molecular flexibility index (Phi) is 5.34. The van der Waals surface area contributed by atoms with Gasteiger partial charge < -0.3 is 10.6 Å². The van der Waals surface area contributed by atoms with Gasteiger partial charge in [-0.15, -0.1) is 0 Å². The van der Waals surface area contributed by atoms with Gasteiger partial charge in [0, 0.05) is 6.54 Å². The van der Waals surface area contributed by atoms with Crippen molar-refractivity contribution in [1.82, 2.24) is 19.6 Å². The molecule has 0 atom stereocenters. The maximum Gasteiger partial charge on any atom is 0.277 e. The second-order valence-electron chi connectivity index (χ2n) is 6.52. The molecular weight excluding hydrogens is 390 g/mol. The maximum atomic E-state index is 14.1. The molecule has 152 valence electrons. The van der Waals surface area contributed by atoms with E-state index in [-0.39, 0.29) is 17.0 Å². The normalized spacial score (nSPS) is 10.9. The zero-order valence-corrected chi connectivity index (χ0v) is 16.1. The standard InChI is InChI=1S/C21H18F2N6O/c1-2-11-24-17-7-4-8-18(26-17)27-21(30)16-12-25-19-10-9-15(28-29(16)19)20-13(22)5-3-6-14(20)23/h3-10,12H,2,11H2,1H3,(H2,24,26,27,30). The van der Waals surface area contributed by atoms with Gasteiger partial charge in [-0.3, -0.25) is 4.79 Å². The highest BCUT2D eigenvalue weighted by Crippen LogP contribution is 2.24. The highest BCUT2D eigenvalue weighted by molar-refractivity contribution is 6.03. The van der Waals surface area contributed by atoms with Gasteiger partial charge in [-0.2, -0.15) is 5.10 Å². The molecule has 0 fully saturated rings. The summed E-state index contributed by atoms with van der Waals surface area (Å²) in [6.45, 7) is 2.80. The van der Waals surface area contributed by atoms with E-state index in [1.54, 1.807) is 24.3 Å². The minimum atomic E-state index is -0.742. The number of anilines is 2. The van der Waals surface area contributed by atoms with Crippen LogP contribution in [0.15, 0.2) is 54.7 Å². The van der Waals surface area contributed by atoms with Gasteiger partial charge in [0.1, 0.15) is 23.3 Å². The van der Waals surface area contributed by atoms with Crippen LogP contribution in [0.25, 0.3) is 16.9 Å². The second kappa shape index (κ2) is 8.24. The number of carbonyl (C=O) groups excluding carboxylic acids is 1. The molecule has 0 aliphatic rings. The number of nitrogens with zero attached hydrogens (tertiary/aromatic N) is 4. The van der Waals surface area contributed by atoms with Crippen LogP contribution in [0.5, 0.6) is 0 Å². The quantitative estimate of drug-likeness (QED) is 0.501. The van der Waals surface area contributed by atoms with Gasteiger partial charge in [0.15, 0.2) is 11.3 Å². The van der Waals surface area contributed by atoms with E-state index in [2.05, 4.69) is 25.7 Å². The molecule has 7 nitrogen and oxygen atoms in total. The number of nitrogens with one attached hydrogen (secondary N) is 2. The molecule has 0 spiro atoms. The minimum Gasteiger partial charge on any atom is -0.370 e. The molecular formula is C21H18F2N6O. The van der Waals surface area contributed by atoms with Crippen molar-refractivity contribution in [2.75, 3.05) is 17.2 Å². The molecule has 2 N–H and O–H groups in total. The summed E-state index contributed by atoms with van der Waals surface area (Å²) in [7, 11) is 0. The third-order valence-electron chi connectivity index (χ3n) is 4.36. The number of fused-ring (bicyclic) bond motifs is 1. The lowest BCUT2D eigenvalue weighted by atomic mass is 10.1. The summed E-state index contributed by atoms with van der Waals surface area (Å²) in [5, 5.41) is 10.1. The molecule has 4 rings (SSSR count). The zero-order chi connectivity index (χ0) is 21.1. The van der Waals surface area contributed by atoms with Crippen LogP contribution < -0.4 is 10.6 Å². The molecule has 0 radical (unpaired) electrons. The molecule has 1 aromatic carbocycles. The first kappa shape index (κ1) is 19.4. The first-order chi connectivity index (χ1) is 14.6. The van der Waals surface area contributed by atoms with Gasteiger partial charge in [-0.1, -0.05) is 19.1 Å². The van der Waals surface area contributed by atoms with Gasteiger partial charge in [0.05, 0.1) is 17.5 Å². The third-order valence-corrected chi connectivity index (χ3v) is 4.36. The fourth-order valence-corrected chi connectivity index (χ4v) is 2.94. The third kappa shape index (κ3) is 3.82. The van der Waals surface area contributed by atoms with Crippen LogP contribution in [0.1, 0.15) is 23.8 Å². The molecule has 1 amide bonds. The number of aromatic nitrogens is 4. The van der Waals surface area contributed by atoms with Gasteiger partial charge in [0.2, 0.25) is 0 Å². The Morgan fingerprint density at radius 2 is 1.77 bits per heavy atom. The largest absolute Gasteiger partial charge is 0.370 e. The summed E-state index contributed by atoms with van der Waals surface area (Å²) in [6, 6.07) is 11.8. The average Bonchev–Trinajstić information content (AvgIpc) is 3.16. The first-order valence-electron chi connectivity index (χ1n) is 9.38. The molecule has 4 aromatic rings. The molecule has 30 heavy (non-hydrogen) atoms. The van der Waals surface area contributed by atoms with Gasteiger partial charge in [0.25, 0.3) is 5.91 Å². The molecule has 0 saturated heterocycles. The molecule has 3 heterocycles. The Morgan fingerprint density at radius 3 is 2.53 bits per heavy atom. The lowest BCUT2D eigenvalue weighted by Crippen LogP contribution is -2.16. The SMILES string of the molecule is CCCNc1cccc(NC(=O)c2cnc3ccc(-c4c(F)cccc4F)nn23)n1. The van der Waals surface area contributed by atoms with E-state index < -0.39 is 17.5 Å². The number of hydrogen-bond donors (Lipinski definition) is 2. The van der Waals surface area contributed by atoms with E-state index >= 15 is 0 Å². The van der Waals surface area contributed by atoms with Crippen LogP contribution in [-0.4, -0.2) is 32.0 Å². The molecule has 0 aliphatic heterocycles. The lowest BCUT2D eigenvalue weighted by molar-refractivity contribution is 0.102. The number of halogens is 2. The number of imidazole rings is 1. The van der Waals surface area contributed by atoms with Crippen molar-refractivity contribution >= 4 is 23.2 Å².